The molecule has 0 radical (unpaired) electrons. The summed E-state index contributed by atoms with van der Waals surface area (Å²) in [5, 5.41) is 0. The molecule has 0 N–H and O–H groups in total. The van der Waals surface area contributed by atoms with E-state index in [-0.39, 0.29) is 11.4 Å². The molecule has 1 aliphatic rings. The minimum atomic E-state index is -0.408. The van der Waals surface area contributed by atoms with Crippen LogP contribution in [0.2, 0.25) is 0 Å². The Kier molecular flexibility index (Phi) is 2.89. The quantitative estimate of drug-likeness (QED) is 0.846. The highest BCUT2D eigenvalue weighted by Crippen LogP contribution is 2.33. The van der Waals surface area contributed by atoms with Gasteiger partial charge in [0.25, 0.3) is 0 Å². The summed E-state index contributed by atoms with van der Waals surface area (Å²) in [6.07, 6.45) is 5.70. The summed E-state index contributed by atoms with van der Waals surface area (Å²) >= 11 is 0. The maximum Gasteiger partial charge on any atom is 0.328 e. The van der Waals surface area contributed by atoms with Crippen LogP contribution < -0.4 is 10.4 Å². The molecule has 1 fully saturated rings. The second-order valence-corrected chi connectivity index (χ2v) is 4.82. The van der Waals surface area contributed by atoms with Gasteiger partial charge in [0.1, 0.15) is 0 Å². The van der Waals surface area contributed by atoms with Crippen molar-refractivity contribution in [3.05, 3.63) is 52.5 Å². The average molecular weight is 262 g/mol. The Hall–Kier alpha value is -2.04. The van der Waals surface area contributed by atoms with Crippen molar-refractivity contribution in [1.82, 2.24) is 9.13 Å². The van der Waals surface area contributed by atoms with Crippen LogP contribution in [0.15, 0.2) is 35.4 Å². The first-order chi connectivity index (χ1) is 9.19. The van der Waals surface area contributed by atoms with Crippen LogP contribution in [0, 0.1) is 5.82 Å². The van der Waals surface area contributed by atoms with E-state index in [0.717, 1.165) is 18.4 Å². The molecule has 0 aliphatic heterocycles. The maximum atomic E-state index is 13.6. The minimum Gasteiger partial charge on any atom is -0.494 e. The third-order valence-electron chi connectivity index (χ3n) is 3.38. The fourth-order valence-corrected chi connectivity index (χ4v) is 2.18. The molecule has 0 spiro atoms. The fraction of sp³-hybridized carbons (Fsp3) is 0.357. The molecule has 0 bridgehead atoms. The monoisotopic (exact) mass is 262 g/mol. The van der Waals surface area contributed by atoms with Gasteiger partial charge in [-0.15, -0.1) is 0 Å². The van der Waals surface area contributed by atoms with E-state index in [0.29, 0.717) is 12.6 Å². The molecule has 0 amide bonds. The second kappa shape index (κ2) is 4.57. The Labute approximate surface area is 110 Å². The number of hydrogen-bond donors (Lipinski definition) is 0. The largest absolute Gasteiger partial charge is 0.494 e. The average Bonchev–Trinajstić information content (AvgIpc) is 3.17. The third kappa shape index (κ3) is 2.28. The van der Waals surface area contributed by atoms with Gasteiger partial charge < -0.3 is 4.74 Å². The Balaban J connectivity index is 1.85. The van der Waals surface area contributed by atoms with E-state index < -0.39 is 5.82 Å². The summed E-state index contributed by atoms with van der Waals surface area (Å²) in [7, 11) is 1.43. The minimum absolute atomic E-state index is 0.0290. The van der Waals surface area contributed by atoms with Crippen molar-refractivity contribution in [2.45, 2.75) is 25.4 Å². The van der Waals surface area contributed by atoms with Gasteiger partial charge in [0.2, 0.25) is 0 Å². The normalized spacial score (nSPS) is 14.6. The Bertz CT molecular complexity index is 656. The standard InChI is InChI=1S/C14H15FN2O2/c1-19-13-5-2-10(8-12(13)15)9-16-6-7-17(14(16)18)11-3-4-11/h2,5-8,11H,3-4,9H2,1H3. The molecule has 100 valence electrons. The van der Waals surface area contributed by atoms with Crippen LogP contribution in [-0.2, 0) is 6.54 Å². The highest BCUT2D eigenvalue weighted by Gasteiger charge is 2.25. The van der Waals surface area contributed by atoms with Crippen LogP contribution in [0.3, 0.4) is 0 Å². The van der Waals surface area contributed by atoms with Gasteiger partial charge in [0.15, 0.2) is 11.6 Å². The van der Waals surface area contributed by atoms with E-state index in [1.807, 2.05) is 0 Å². The molecule has 4 nitrogen and oxygen atoms in total. The van der Waals surface area contributed by atoms with Crippen LogP contribution in [0.4, 0.5) is 4.39 Å². The zero-order valence-corrected chi connectivity index (χ0v) is 10.7. The van der Waals surface area contributed by atoms with E-state index in [1.54, 1.807) is 33.7 Å². The summed E-state index contributed by atoms with van der Waals surface area (Å²) < 4.78 is 21.8. The molecule has 1 heterocycles. The van der Waals surface area contributed by atoms with E-state index in [1.165, 1.54) is 13.2 Å². The van der Waals surface area contributed by atoms with Gasteiger partial charge in [-0.05, 0) is 30.5 Å². The zero-order valence-electron chi connectivity index (χ0n) is 10.7. The number of halogens is 1. The van der Waals surface area contributed by atoms with Crippen molar-refractivity contribution >= 4 is 0 Å². The molecule has 19 heavy (non-hydrogen) atoms. The van der Waals surface area contributed by atoms with Gasteiger partial charge in [0, 0.05) is 18.4 Å². The van der Waals surface area contributed by atoms with E-state index in [4.69, 9.17) is 4.74 Å². The predicted octanol–water partition coefficient (Wildman–Crippen LogP) is 2.18. The number of ether oxygens (including phenoxy) is 1. The lowest BCUT2D eigenvalue weighted by Gasteiger charge is -2.05. The lowest BCUT2D eigenvalue weighted by atomic mass is 10.2. The fourth-order valence-electron chi connectivity index (χ4n) is 2.18. The highest BCUT2D eigenvalue weighted by molar-refractivity contribution is 5.29. The SMILES string of the molecule is COc1ccc(Cn2ccn(C3CC3)c2=O)cc1F. The molecule has 1 aliphatic carbocycles. The molecule has 1 aromatic carbocycles. The first-order valence-corrected chi connectivity index (χ1v) is 6.28. The number of rotatable bonds is 4. The molecular weight excluding hydrogens is 247 g/mol. The molecule has 0 atom stereocenters. The van der Waals surface area contributed by atoms with Crippen LogP contribution in [0.1, 0.15) is 24.4 Å². The van der Waals surface area contributed by atoms with Crippen LogP contribution >= 0.6 is 0 Å². The van der Waals surface area contributed by atoms with Gasteiger partial charge in [-0.1, -0.05) is 6.07 Å². The van der Waals surface area contributed by atoms with Crippen molar-refractivity contribution in [1.29, 1.82) is 0 Å². The highest BCUT2D eigenvalue weighted by atomic mass is 19.1. The smallest absolute Gasteiger partial charge is 0.328 e. The van der Waals surface area contributed by atoms with Gasteiger partial charge in [-0.25, -0.2) is 9.18 Å². The van der Waals surface area contributed by atoms with Crippen molar-refractivity contribution in [2.24, 2.45) is 0 Å². The van der Waals surface area contributed by atoms with Crippen LogP contribution in [0.25, 0.3) is 0 Å². The number of hydrogen-bond acceptors (Lipinski definition) is 2. The summed E-state index contributed by atoms with van der Waals surface area (Å²) in [4.78, 5) is 12.1. The van der Waals surface area contributed by atoms with Crippen molar-refractivity contribution in [3.63, 3.8) is 0 Å². The number of aromatic nitrogens is 2. The summed E-state index contributed by atoms with van der Waals surface area (Å²) in [5.41, 5.74) is 0.715. The van der Waals surface area contributed by atoms with Crippen molar-refractivity contribution in [2.75, 3.05) is 7.11 Å². The molecule has 5 heteroatoms. The van der Waals surface area contributed by atoms with Crippen LogP contribution in [-0.4, -0.2) is 16.2 Å². The van der Waals surface area contributed by atoms with Crippen molar-refractivity contribution < 1.29 is 9.13 Å². The van der Waals surface area contributed by atoms with E-state index in [9.17, 15) is 9.18 Å². The lowest BCUT2D eigenvalue weighted by Crippen LogP contribution is -2.23. The molecule has 0 unspecified atom stereocenters. The topological polar surface area (TPSA) is 36.2 Å². The second-order valence-electron chi connectivity index (χ2n) is 4.82. The molecule has 3 rings (SSSR count). The van der Waals surface area contributed by atoms with Gasteiger partial charge in [0.05, 0.1) is 13.7 Å². The molecule has 0 saturated heterocycles. The first-order valence-electron chi connectivity index (χ1n) is 6.28. The Morgan fingerprint density at radius 2 is 2.16 bits per heavy atom. The van der Waals surface area contributed by atoms with E-state index in [2.05, 4.69) is 0 Å². The number of nitrogens with zero attached hydrogens (tertiary/aromatic N) is 2. The molecule has 2 aromatic rings. The molecular formula is C14H15FN2O2. The number of imidazole rings is 1. The first kappa shape index (κ1) is 12.0. The maximum absolute atomic E-state index is 13.6. The van der Waals surface area contributed by atoms with Gasteiger partial charge in [-0.3, -0.25) is 9.13 Å². The Morgan fingerprint density at radius 3 is 2.79 bits per heavy atom. The van der Waals surface area contributed by atoms with Crippen molar-refractivity contribution in [3.8, 4) is 5.75 Å². The molecule has 1 saturated carbocycles. The Morgan fingerprint density at radius 1 is 1.37 bits per heavy atom. The lowest BCUT2D eigenvalue weighted by molar-refractivity contribution is 0.386. The number of benzene rings is 1. The van der Waals surface area contributed by atoms with E-state index >= 15 is 0 Å². The summed E-state index contributed by atoms with van der Waals surface area (Å²) in [6.45, 7) is 0.374. The zero-order chi connectivity index (χ0) is 13.4. The summed E-state index contributed by atoms with van der Waals surface area (Å²) in [6, 6.07) is 5.11. The van der Waals surface area contributed by atoms with Gasteiger partial charge >= 0.3 is 5.69 Å². The van der Waals surface area contributed by atoms with Crippen LogP contribution in [0.5, 0.6) is 5.75 Å². The summed E-state index contributed by atoms with van der Waals surface area (Å²) in [5.74, 6) is -0.193. The number of methoxy groups -OCH3 is 1. The predicted molar refractivity (Wildman–Crippen MR) is 69.0 cm³/mol. The van der Waals surface area contributed by atoms with Gasteiger partial charge in [-0.2, -0.15) is 0 Å². The third-order valence-corrected chi connectivity index (χ3v) is 3.38. The molecule has 1 aromatic heterocycles.